The third kappa shape index (κ3) is 3.00. The van der Waals surface area contributed by atoms with Crippen LogP contribution in [0.15, 0.2) is 10.4 Å². The predicted molar refractivity (Wildman–Crippen MR) is 72.1 cm³/mol. The molecule has 2 rings (SSSR count). The van der Waals surface area contributed by atoms with Crippen molar-refractivity contribution in [2.45, 2.75) is 32.0 Å². The van der Waals surface area contributed by atoms with Gasteiger partial charge in [-0.3, -0.25) is 5.10 Å². The van der Waals surface area contributed by atoms with Crippen molar-refractivity contribution in [3.8, 4) is 0 Å². The Kier molecular flexibility index (Phi) is 3.99. The van der Waals surface area contributed by atoms with Crippen LogP contribution in [0.3, 0.4) is 0 Å². The molecule has 0 unspecified atom stereocenters. The minimum atomic E-state index is -3.68. The largest absolute Gasteiger partial charge is 0.326 e. The Labute approximate surface area is 115 Å². The molecule has 0 aromatic carbocycles. The Hall–Kier alpha value is -1.29. The van der Waals surface area contributed by atoms with Gasteiger partial charge in [0, 0.05) is 28.9 Å². The number of rotatable bonds is 5. The molecule has 0 aliphatic carbocycles. The van der Waals surface area contributed by atoms with Gasteiger partial charge in [-0.15, -0.1) is 11.3 Å². The lowest BCUT2D eigenvalue weighted by molar-refractivity contribution is 0.575. The predicted octanol–water partition coefficient (Wildman–Crippen LogP) is 0.420. The number of aryl methyl sites for hydroxylation is 2. The molecule has 2 aromatic heterocycles. The minimum Gasteiger partial charge on any atom is -0.326 e. The fraction of sp³-hybridized carbons (Fsp3) is 0.400. The number of nitrogens with zero attached hydrogens (tertiary/aromatic N) is 2. The van der Waals surface area contributed by atoms with Crippen molar-refractivity contribution in [1.82, 2.24) is 19.9 Å². The average Bonchev–Trinajstić information content (AvgIpc) is 2.93. The Morgan fingerprint density at radius 1 is 1.47 bits per heavy atom. The number of aromatic amines is 1. The number of nitrogens with one attached hydrogen (secondary N) is 2. The van der Waals surface area contributed by atoms with Crippen LogP contribution in [-0.2, 0) is 23.1 Å². The second-order valence-corrected chi connectivity index (χ2v) is 6.67. The molecule has 19 heavy (non-hydrogen) atoms. The van der Waals surface area contributed by atoms with E-state index in [4.69, 9.17) is 5.73 Å². The summed E-state index contributed by atoms with van der Waals surface area (Å²) >= 11 is 1.41. The fourth-order valence-corrected chi connectivity index (χ4v) is 3.59. The summed E-state index contributed by atoms with van der Waals surface area (Å²) in [6, 6.07) is 0. The highest BCUT2D eigenvalue weighted by atomic mass is 32.2. The van der Waals surface area contributed by atoms with Gasteiger partial charge >= 0.3 is 0 Å². The second kappa shape index (κ2) is 5.37. The van der Waals surface area contributed by atoms with Crippen molar-refractivity contribution in [3.63, 3.8) is 0 Å². The highest BCUT2D eigenvalue weighted by Crippen LogP contribution is 2.16. The third-order valence-corrected chi connectivity index (χ3v) is 4.91. The minimum absolute atomic E-state index is 0.0409. The monoisotopic (exact) mass is 301 g/mol. The van der Waals surface area contributed by atoms with Gasteiger partial charge in [-0.2, -0.15) is 5.10 Å². The van der Waals surface area contributed by atoms with E-state index in [1.54, 1.807) is 6.92 Å². The van der Waals surface area contributed by atoms with Crippen LogP contribution in [0.5, 0.6) is 0 Å². The van der Waals surface area contributed by atoms with E-state index in [1.165, 1.54) is 11.3 Å². The molecule has 0 atom stereocenters. The van der Waals surface area contributed by atoms with Crippen LogP contribution in [0.2, 0.25) is 0 Å². The first-order valence-electron chi connectivity index (χ1n) is 5.58. The first kappa shape index (κ1) is 14.1. The Morgan fingerprint density at radius 3 is 2.79 bits per heavy atom. The van der Waals surface area contributed by atoms with Gasteiger partial charge in [0.2, 0.25) is 0 Å². The number of thiazole rings is 1. The molecule has 2 heterocycles. The molecule has 2 aromatic rings. The lowest BCUT2D eigenvalue weighted by Gasteiger charge is -2.04. The van der Waals surface area contributed by atoms with E-state index >= 15 is 0 Å². The first-order valence-corrected chi connectivity index (χ1v) is 7.95. The first-order chi connectivity index (χ1) is 8.94. The van der Waals surface area contributed by atoms with Crippen molar-refractivity contribution >= 4 is 21.4 Å². The smallest absolute Gasteiger partial charge is 0.260 e. The molecule has 4 N–H and O–H groups in total. The van der Waals surface area contributed by atoms with Gasteiger partial charge in [-0.05, 0) is 13.8 Å². The van der Waals surface area contributed by atoms with Crippen molar-refractivity contribution in [1.29, 1.82) is 0 Å². The number of hydrogen-bond donors (Lipinski definition) is 3. The summed E-state index contributed by atoms with van der Waals surface area (Å²) in [6.07, 6.45) is 0. The molecule has 7 nitrogen and oxygen atoms in total. The van der Waals surface area contributed by atoms with Gasteiger partial charge in [-0.1, -0.05) is 0 Å². The van der Waals surface area contributed by atoms with E-state index < -0.39 is 10.0 Å². The third-order valence-electron chi connectivity index (χ3n) is 2.57. The lowest BCUT2D eigenvalue weighted by Crippen LogP contribution is -2.25. The molecular formula is C10H15N5O2S2. The molecule has 0 amide bonds. The SMILES string of the molecule is Cc1csc(CNS(=O)(=O)c2n[nH]c(C)c2CN)n1. The normalized spacial score (nSPS) is 11.9. The van der Waals surface area contributed by atoms with E-state index in [9.17, 15) is 8.42 Å². The maximum Gasteiger partial charge on any atom is 0.260 e. The van der Waals surface area contributed by atoms with E-state index in [1.807, 2.05) is 12.3 Å². The van der Waals surface area contributed by atoms with Gasteiger partial charge in [0.05, 0.1) is 6.54 Å². The van der Waals surface area contributed by atoms with E-state index in [0.717, 1.165) is 5.69 Å². The van der Waals surface area contributed by atoms with Crippen molar-refractivity contribution < 1.29 is 8.42 Å². The van der Waals surface area contributed by atoms with Gasteiger partial charge in [0.15, 0.2) is 5.03 Å². The average molecular weight is 301 g/mol. The molecule has 0 aliphatic heterocycles. The molecule has 0 bridgehead atoms. The van der Waals surface area contributed by atoms with Crippen LogP contribution in [0.4, 0.5) is 0 Å². The molecule has 9 heteroatoms. The zero-order chi connectivity index (χ0) is 14.0. The molecule has 0 saturated carbocycles. The van der Waals surface area contributed by atoms with Crippen molar-refractivity contribution in [3.05, 3.63) is 27.3 Å². The standard InChI is InChI=1S/C10H15N5O2S2/c1-6-5-18-9(13-6)4-12-19(16,17)10-8(3-11)7(2)14-15-10/h5,12H,3-4,11H2,1-2H3,(H,14,15). The molecule has 0 fully saturated rings. The van der Waals surface area contributed by atoms with Gasteiger partial charge in [0.25, 0.3) is 10.0 Å². The number of nitrogens with two attached hydrogens (primary N) is 1. The molecule has 104 valence electrons. The van der Waals surface area contributed by atoms with Gasteiger partial charge < -0.3 is 5.73 Å². The van der Waals surface area contributed by atoms with Crippen molar-refractivity contribution in [2.24, 2.45) is 5.73 Å². The van der Waals surface area contributed by atoms with Crippen LogP contribution in [0.1, 0.15) is 22.0 Å². The van der Waals surface area contributed by atoms with E-state index in [2.05, 4.69) is 19.9 Å². The quantitative estimate of drug-likeness (QED) is 0.740. The fourth-order valence-electron chi connectivity index (χ4n) is 1.60. The summed E-state index contributed by atoms with van der Waals surface area (Å²) in [5, 5.41) is 8.98. The maximum absolute atomic E-state index is 12.1. The van der Waals surface area contributed by atoms with E-state index in [-0.39, 0.29) is 18.1 Å². The highest BCUT2D eigenvalue weighted by Gasteiger charge is 2.23. The van der Waals surface area contributed by atoms with Gasteiger partial charge in [0.1, 0.15) is 5.01 Å². The molecule has 0 aliphatic rings. The summed E-state index contributed by atoms with van der Waals surface area (Å²) in [6.45, 7) is 3.86. The number of sulfonamides is 1. The summed E-state index contributed by atoms with van der Waals surface area (Å²) in [5.74, 6) is 0. The van der Waals surface area contributed by atoms with E-state index in [0.29, 0.717) is 16.3 Å². The second-order valence-electron chi connectivity index (χ2n) is 4.04. The van der Waals surface area contributed by atoms with Crippen molar-refractivity contribution in [2.75, 3.05) is 0 Å². The van der Waals surface area contributed by atoms with Crippen LogP contribution in [0.25, 0.3) is 0 Å². The molecule has 0 radical (unpaired) electrons. The van der Waals surface area contributed by atoms with Gasteiger partial charge in [-0.25, -0.2) is 18.1 Å². The maximum atomic E-state index is 12.1. The van der Waals surface area contributed by atoms with Crippen LogP contribution in [-0.4, -0.2) is 23.6 Å². The Balaban J connectivity index is 2.18. The Bertz CT molecular complexity index is 674. The molecular weight excluding hydrogens is 286 g/mol. The summed E-state index contributed by atoms with van der Waals surface area (Å²) in [7, 11) is -3.68. The zero-order valence-electron chi connectivity index (χ0n) is 10.6. The zero-order valence-corrected chi connectivity index (χ0v) is 12.2. The number of H-pyrrole nitrogens is 1. The summed E-state index contributed by atoms with van der Waals surface area (Å²) in [5.41, 5.74) is 7.58. The summed E-state index contributed by atoms with van der Waals surface area (Å²) < 4.78 is 26.7. The topological polar surface area (TPSA) is 114 Å². The Morgan fingerprint density at radius 2 is 2.21 bits per heavy atom. The van der Waals surface area contributed by atoms with Crippen LogP contribution < -0.4 is 10.5 Å². The summed E-state index contributed by atoms with van der Waals surface area (Å²) in [4.78, 5) is 4.19. The molecule has 0 saturated heterocycles. The number of hydrogen-bond acceptors (Lipinski definition) is 6. The van der Waals surface area contributed by atoms with Crippen LogP contribution >= 0.6 is 11.3 Å². The molecule has 0 spiro atoms. The number of aromatic nitrogens is 3. The highest BCUT2D eigenvalue weighted by molar-refractivity contribution is 7.89. The lowest BCUT2D eigenvalue weighted by atomic mass is 10.3. The van der Waals surface area contributed by atoms with Crippen LogP contribution in [0, 0.1) is 13.8 Å².